The fourth-order valence-corrected chi connectivity index (χ4v) is 2.37. The monoisotopic (exact) mass is 328 g/mol. The molecule has 0 aliphatic rings. The number of hydrogen-bond acceptors (Lipinski definition) is 4. The van der Waals surface area contributed by atoms with Gasteiger partial charge in [-0.05, 0) is 56.0 Å². The Morgan fingerprint density at radius 1 is 1.12 bits per heavy atom. The van der Waals surface area contributed by atoms with Gasteiger partial charge in [0.15, 0.2) is 6.10 Å². The Morgan fingerprint density at radius 2 is 1.83 bits per heavy atom. The number of esters is 1. The minimum Gasteiger partial charge on any atom is -0.489 e. The van der Waals surface area contributed by atoms with E-state index < -0.39 is 12.1 Å². The first-order valence-corrected chi connectivity index (χ1v) is 8.05. The summed E-state index contributed by atoms with van der Waals surface area (Å²) in [5.74, 6) is 0.147. The lowest BCUT2D eigenvalue weighted by atomic mass is 10.0. The summed E-state index contributed by atoms with van der Waals surface area (Å²) >= 11 is 0. The SMILES string of the molecule is Cc1ccc(C)c(OCc2ccccc2C(O)C(=O)OC(C)C)c1. The summed E-state index contributed by atoms with van der Waals surface area (Å²) in [4.78, 5) is 12.0. The molecule has 2 rings (SSSR count). The summed E-state index contributed by atoms with van der Waals surface area (Å²) < 4.78 is 11.0. The molecule has 0 aliphatic heterocycles. The van der Waals surface area contributed by atoms with Gasteiger partial charge >= 0.3 is 5.97 Å². The first-order valence-electron chi connectivity index (χ1n) is 8.05. The van der Waals surface area contributed by atoms with Gasteiger partial charge in [-0.15, -0.1) is 0 Å². The Kier molecular flexibility index (Phi) is 5.99. The van der Waals surface area contributed by atoms with E-state index in [1.165, 1.54) is 0 Å². The van der Waals surface area contributed by atoms with Crippen LogP contribution in [0.1, 0.15) is 42.2 Å². The van der Waals surface area contributed by atoms with Crippen LogP contribution in [-0.4, -0.2) is 17.2 Å². The highest BCUT2D eigenvalue weighted by molar-refractivity contribution is 5.76. The smallest absolute Gasteiger partial charge is 0.339 e. The topological polar surface area (TPSA) is 55.8 Å². The zero-order valence-electron chi connectivity index (χ0n) is 14.6. The predicted molar refractivity (Wildman–Crippen MR) is 92.9 cm³/mol. The lowest BCUT2D eigenvalue weighted by Gasteiger charge is -2.17. The Hall–Kier alpha value is -2.33. The summed E-state index contributed by atoms with van der Waals surface area (Å²) in [6.07, 6.45) is -1.59. The summed E-state index contributed by atoms with van der Waals surface area (Å²) in [6, 6.07) is 13.2. The number of carbonyl (C=O) groups is 1. The molecule has 1 N–H and O–H groups in total. The van der Waals surface area contributed by atoms with Crippen LogP contribution in [0.4, 0.5) is 0 Å². The number of carbonyl (C=O) groups excluding carboxylic acids is 1. The van der Waals surface area contributed by atoms with E-state index in [0.29, 0.717) is 5.56 Å². The highest BCUT2D eigenvalue weighted by atomic mass is 16.6. The van der Waals surface area contributed by atoms with Crippen LogP contribution in [0.25, 0.3) is 0 Å². The number of rotatable bonds is 6. The van der Waals surface area contributed by atoms with Crippen molar-refractivity contribution in [3.63, 3.8) is 0 Å². The molecule has 0 heterocycles. The molecule has 0 fully saturated rings. The molecule has 128 valence electrons. The molecular weight excluding hydrogens is 304 g/mol. The van der Waals surface area contributed by atoms with Crippen molar-refractivity contribution in [2.45, 2.75) is 46.5 Å². The van der Waals surface area contributed by atoms with Gasteiger partial charge in [-0.3, -0.25) is 0 Å². The van der Waals surface area contributed by atoms with E-state index in [9.17, 15) is 9.90 Å². The van der Waals surface area contributed by atoms with E-state index in [1.54, 1.807) is 26.0 Å². The third-order valence-corrected chi connectivity index (χ3v) is 3.65. The third kappa shape index (κ3) is 4.59. The summed E-state index contributed by atoms with van der Waals surface area (Å²) in [6.45, 7) is 7.76. The average molecular weight is 328 g/mol. The van der Waals surface area contributed by atoms with Crippen LogP contribution >= 0.6 is 0 Å². The molecule has 0 aliphatic carbocycles. The molecule has 4 nitrogen and oxygen atoms in total. The molecule has 1 atom stereocenters. The quantitative estimate of drug-likeness (QED) is 0.818. The van der Waals surface area contributed by atoms with Crippen molar-refractivity contribution in [1.29, 1.82) is 0 Å². The van der Waals surface area contributed by atoms with Gasteiger partial charge < -0.3 is 14.6 Å². The van der Waals surface area contributed by atoms with Crippen LogP contribution in [-0.2, 0) is 16.1 Å². The maximum atomic E-state index is 12.0. The Morgan fingerprint density at radius 3 is 2.54 bits per heavy atom. The maximum absolute atomic E-state index is 12.0. The van der Waals surface area contributed by atoms with Crippen molar-refractivity contribution < 1.29 is 19.4 Å². The van der Waals surface area contributed by atoms with Crippen LogP contribution in [0.3, 0.4) is 0 Å². The van der Waals surface area contributed by atoms with Crippen molar-refractivity contribution >= 4 is 5.97 Å². The number of aryl methyl sites for hydroxylation is 2. The van der Waals surface area contributed by atoms with E-state index in [2.05, 4.69) is 0 Å². The molecule has 0 bridgehead atoms. The summed E-state index contributed by atoms with van der Waals surface area (Å²) in [5.41, 5.74) is 3.42. The van der Waals surface area contributed by atoms with Gasteiger partial charge in [-0.25, -0.2) is 4.79 Å². The third-order valence-electron chi connectivity index (χ3n) is 3.65. The lowest BCUT2D eigenvalue weighted by molar-refractivity contribution is -0.157. The van der Waals surface area contributed by atoms with Gasteiger partial charge in [0.1, 0.15) is 12.4 Å². The van der Waals surface area contributed by atoms with Crippen molar-refractivity contribution in [1.82, 2.24) is 0 Å². The normalized spacial score (nSPS) is 12.1. The minimum absolute atomic E-state index is 0.270. The maximum Gasteiger partial charge on any atom is 0.339 e. The van der Waals surface area contributed by atoms with Gasteiger partial charge in [-0.2, -0.15) is 0 Å². The number of ether oxygens (including phenoxy) is 2. The van der Waals surface area contributed by atoms with Crippen LogP contribution in [0.15, 0.2) is 42.5 Å². The largest absolute Gasteiger partial charge is 0.489 e. The van der Waals surface area contributed by atoms with Crippen molar-refractivity contribution in [3.05, 3.63) is 64.7 Å². The molecular formula is C20H24O4. The second-order valence-corrected chi connectivity index (χ2v) is 6.14. The number of benzene rings is 2. The average Bonchev–Trinajstić information content (AvgIpc) is 2.54. The van der Waals surface area contributed by atoms with E-state index >= 15 is 0 Å². The van der Waals surface area contributed by atoms with Gasteiger partial charge in [-0.1, -0.05) is 36.4 Å². The van der Waals surface area contributed by atoms with Crippen molar-refractivity contribution in [2.75, 3.05) is 0 Å². The molecule has 0 radical (unpaired) electrons. The Balaban J connectivity index is 2.17. The fourth-order valence-electron chi connectivity index (χ4n) is 2.37. The zero-order valence-corrected chi connectivity index (χ0v) is 14.6. The number of aliphatic hydroxyl groups excluding tert-OH is 1. The molecule has 24 heavy (non-hydrogen) atoms. The van der Waals surface area contributed by atoms with E-state index in [0.717, 1.165) is 22.4 Å². The van der Waals surface area contributed by atoms with Crippen LogP contribution in [0.5, 0.6) is 5.75 Å². The molecule has 0 aromatic heterocycles. The van der Waals surface area contributed by atoms with Gasteiger partial charge in [0.25, 0.3) is 0 Å². The summed E-state index contributed by atoms with van der Waals surface area (Å²) in [7, 11) is 0. The fraction of sp³-hybridized carbons (Fsp3) is 0.350. The highest BCUT2D eigenvalue weighted by Gasteiger charge is 2.22. The van der Waals surface area contributed by atoms with Crippen molar-refractivity contribution in [2.24, 2.45) is 0 Å². The molecule has 0 saturated heterocycles. The van der Waals surface area contributed by atoms with Gasteiger partial charge in [0.2, 0.25) is 0 Å². The number of hydrogen-bond donors (Lipinski definition) is 1. The van der Waals surface area contributed by atoms with Gasteiger partial charge in [0, 0.05) is 0 Å². The molecule has 2 aromatic carbocycles. The second kappa shape index (κ2) is 7.97. The first kappa shape index (κ1) is 18.0. The Labute approximate surface area is 143 Å². The summed E-state index contributed by atoms with van der Waals surface area (Å²) in [5, 5.41) is 10.3. The molecule has 1 unspecified atom stereocenters. The molecule has 0 saturated carbocycles. The molecule has 4 heteroatoms. The van der Waals surface area contributed by atoms with E-state index in [4.69, 9.17) is 9.47 Å². The lowest BCUT2D eigenvalue weighted by Crippen LogP contribution is -2.20. The Bertz CT molecular complexity index is 707. The van der Waals surface area contributed by atoms with Gasteiger partial charge in [0.05, 0.1) is 6.10 Å². The predicted octanol–water partition coefficient (Wildman–Crippen LogP) is 3.87. The standard InChI is InChI=1S/C20H24O4/c1-13(2)24-20(22)19(21)17-8-6-5-7-16(17)12-23-18-11-14(3)9-10-15(18)4/h5-11,13,19,21H,12H2,1-4H3. The number of aliphatic hydroxyl groups is 1. The first-order chi connectivity index (χ1) is 11.4. The van der Waals surface area contributed by atoms with Crippen molar-refractivity contribution in [3.8, 4) is 5.75 Å². The molecule has 2 aromatic rings. The highest BCUT2D eigenvalue weighted by Crippen LogP contribution is 2.24. The zero-order chi connectivity index (χ0) is 17.7. The molecule has 0 amide bonds. The van der Waals surface area contributed by atoms with Crippen LogP contribution in [0.2, 0.25) is 0 Å². The minimum atomic E-state index is -1.31. The second-order valence-electron chi connectivity index (χ2n) is 6.14. The van der Waals surface area contributed by atoms with Crippen LogP contribution in [0, 0.1) is 13.8 Å². The molecule has 0 spiro atoms. The van der Waals surface area contributed by atoms with E-state index in [1.807, 2.05) is 44.2 Å². The van der Waals surface area contributed by atoms with Crippen LogP contribution < -0.4 is 4.74 Å². The van der Waals surface area contributed by atoms with E-state index in [-0.39, 0.29) is 12.7 Å².